The van der Waals surface area contributed by atoms with Gasteiger partial charge in [-0.25, -0.2) is 17.5 Å². The van der Waals surface area contributed by atoms with Crippen LogP contribution in [-0.2, 0) is 16.4 Å². The molecule has 1 heterocycles. The molecule has 23 heavy (non-hydrogen) atoms. The van der Waals surface area contributed by atoms with Gasteiger partial charge < -0.3 is 14.8 Å². The van der Waals surface area contributed by atoms with Gasteiger partial charge in [-0.15, -0.1) is 0 Å². The summed E-state index contributed by atoms with van der Waals surface area (Å²) in [6.45, 7) is 4.40. The van der Waals surface area contributed by atoms with Crippen LogP contribution in [0.3, 0.4) is 0 Å². The lowest BCUT2D eigenvalue weighted by molar-refractivity contribution is 0.0694. The van der Waals surface area contributed by atoms with Crippen LogP contribution in [0.2, 0.25) is 0 Å². The van der Waals surface area contributed by atoms with E-state index in [0.29, 0.717) is 25.9 Å². The largest absolute Gasteiger partial charge is 0.478 e. The standard InChI is InChI=1S/C14H22N2O6S/c1-4-11-10(14(18)19)9-12(22-11)13(17)15-7-6-8-16(5-2)23(3,20)21/h9H,4-8H2,1-3H3,(H,15,17)(H,18,19). The number of aromatic carboxylic acids is 1. The summed E-state index contributed by atoms with van der Waals surface area (Å²) >= 11 is 0. The molecule has 0 aromatic carbocycles. The van der Waals surface area contributed by atoms with Gasteiger partial charge in [0.2, 0.25) is 10.0 Å². The van der Waals surface area contributed by atoms with Crippen LogP contribution in [0.1, 0.15) is 46.9 Å². The van der Waals surface area contributed by atoms with Crippen molar-refractivity contribution >= 4 is 21.9 Å². The van der Waals surface area contributed by atoms with Crippen LogP contribution < -0.4 is 5.32 Å². The third kappa shape index (κ3) is 5.36. The Hall–Kier alpha value is -1.87. The molecule has 1 amide bonds. The lowest BCUT2D eigenvalue weighted by Gasteiger charge is -2.17. The highest BCUT2D eigenvalue weighted by Crippen LogP contribution is 2.16. The fraction of sp³-hybridized carbons (Fsp3) is 0.571. The van der Waals surface area contributed by atoms with Gasteiger partial charge in [-0.3, -0.25) is 4.79 Å². The first-order chi connectivity index (χ1) is 10.7. The first-order valence-electron chi connectivity index (χ1n) is 7.30. The molecule has 0 fully saturated rings. The van der Waals surface area contributed by atoms with Crippen molar-refractivity contribution in [3.8, 4) is 0 Å². The zero-order valence-electron chi connectivity index (χ0n) is 13.5. The molecule has 0 radical (unpaired) electrons. The highest BCUT2D eigenvalue weighted by Gasteiger charge is 2.20. The van der Waals surface area contributed by atoms with E-state index in [2.05, 4.69) is 5.32 Å². The topological polar surface area (TPSA) is 117 Å². The monoisotopic (exact) mass is 346 g/mol. The molecule has 0 unspecified atom stereocenters. The van der Waals surface area contributed by atoms with Gasteiger partial charge in [0.25, 0.3) is 5.91 Å². The van der Waals surface area contributed by atoms with Gasteiger partial charge >= 0.3 is 5.97 Å². The smallest absolute Gasteiger partial charge is 0.339 e. The molecule has 0 aliphatic heterocycles. The molecule has 0 atom stereocenters. The summed E-state index contributed by atoms with van der Waals surface area (Å²) in [7, 11) is -3.25. The number of furan rings is 1. The predicted molar refractivity (Wildman–Crippen MR) is 84.1 cm³/mol. The van der Waals surface area contributed by atoms with Crippen LogP contribution in [0, 0.1) is 0 Å². The fourth-order valence-electron chi connectivity index (χ4n) is 2.09. The highest BCUT2D eigenvalue weighted by atomic mass is 32.2. The van der Waals surface area contributed by atoms with Crippen molar-refractivity contribution in [1.29, 1.82) is 0 Å². The molecule has 0 aliphatic rings. The van der Waals surface area contributed by atoms with Gasteiger partial charge in [0.05, 0.1) is 6.26 Å². The Kier molecular flexibility index (Phi) is 6.77. The van der Waals surface area contributed by atoms with Crippen LogP contribution in [-0.4, -0.2) is 55.6 Å². The van der Waals surface area contributed by atoms with E-state index in [0.717, 1.165) is 6.26 Å². The SMILES string of the molecule is CCc1oc(C(=O)NCCCN(CC)S(C)(=O)=O)cc1C(=O)O. The Morgan fingerprint density at radius 3 is 2.43 bits per heavy atom. The van der Waals surface area contributed by atoms with E-state index in [4.69, 9.17) is 9.52 Å². The van der Waals surface area contributed by atoms with Crippen LogP contribution in [0.4, 0.5) is 0 Å². The first kappa shape index (κ1) is 19.2. The summed E-state index contributed by atoms with van der Waals surface area (Å²) in [5.74, 6) is -1.47. The zero-order chi connectivity index (χ0) is 17.6. The zero-order valence-corrected chi connectivity index (χ0v) is 14.3. The molecule has 0 bridgehead atoms. The number of sulfonamides is 1. The fourth-order valence-corrected chi connectivity index (χ4v) is 3.02. The van der Waals surface area contributed by atoms with Crippen LogP contribution >= 0.6 is 0 Å². The summed E-state index contributed by atoms with van der Waals surface area (Å²) in [6.07, 6.45) is 1.95. The Morgan fingerprint density at radius 2 is 2.00 bits per heavy atom. The quantitative estimate of drug-likeness (QED) is 0.643. The summed E-state index contributed by atoms with van der Waals surface area (Å²) in [5, 5.41) is 11.6. The Bertz CT molecular complexity index is 665. The first-order valence-corrected chi connectivity index (χ1v) is 9.14. The molecule has 8 nitrogen and oxygen atoms in total. The molecule has 130 valence electrons. The van der Waals surface area contributed by atoms with Gasteiger partial charge in [-0.2, -0.15) is 0 Å². The number of nitrogens with one attached hydrogen (secondary N) is 1. The van der Waals surface area contributed by atoms with Gasteiger partial charge in [0, 0.05) is 32.1 Å². The van der Waals surface area contributed by atoms with E-state index in [1.54, 1.807) is 13.8 Å². The number of hydrogen-bond donors (Lipinski definition) is 2. The second-order valence-electron chi connectivity index (χ2n) is 4.97. The maximum atomic E-state index is 11.9. The molecule has 0 saturated heterocycles. The minimum absolute atomic E-state index is 0.0214. The molecule has 0 aliphatic carbocycles. The van der Waals surface area contributed by atoms with Crippen molar-refractivity contribution in [2.24, 2.45) is 0 Å². The third-order valence-corrected chi connectivity index (χ3v) is 4.65. The summed E-state index contributed by atoms with van der Waals surface area (Å²) in [4.78, 5) is 23.0. The van der Waals surface area contributed by atoms with Crippen molar-refractivity contribution in [2.45, 2.75) is 26.7 Å². The van der Waals surface area contributed by atoms with Gasteiger partial charge in [0.1, 0.15) is 11.3 Å². The number of carboxylic acid groups (broad SMARTS) is 1. The van der Waals surface area contributed by atoms with E-state index < -0.39 is 21.9 Å². The summed E-state index contributed by atoms with van der Waals surface area (Å²) in [5.41, 5.74) is -0.0214. The molecular formula is C14H22N2O6S. The second-order valence-corrected chi connectivity index (χ2v) is 6.95. The average Bonchev–Trinajstić information content (AvgIpc) is 2.90. The minimum Gasteiger partial charge on any atom is -0.478 e. The minimum atomic E-state index is -3.25. The molecule has 1 aromatic heterocycles. The van der Waals surface area contributed by atoms with Crippen molar-refractivity contribution in [3.05, 3.63) is 23.2 Å². The van der Waals surface area contributed by atoms with Crippen molar-refractivity contribution in [3.63, 3.8) is 0 Å². The van der Waals surface area contributed by atoms with Crippen molar-refractivity contribution < 1.29 is 27.5 Å². The molecule has 0 spiro atoms. The molecule has 9 heteroatoms. The molecule has 0 saturated carbocycles. The van der Waals surface area contributed by atoms with Gasteiger partial charge in [-0.1, -0.05) is 13.8 Å². The lowest BCUT2D eigenvalue weighted by Crippen LogP contribution is -2.33. The molecule has 1 rings (SSSR count). The normalized spacial score (nSPS) is 11.7. The van der Waals surface area contributed by atoms with Crippen molar-refractivity contribution in [1.82, 2.24) is 9.62 Å². The van der Waals surface area contributed by atoms with Crippen LogP contribution in [0.5, 0.6) is 0 Å². The summed E-state index contributed by atoms with van der Waals surface area (Å²) in [6, 6.07) is 1.20. The van der Waals surface area contributed by atoms with E-state index in [9.17, 15) is 18.0 Å². The number of hydrogen-bond acceptors (Lipinski definition) is 5. The Morgan fingerprint density at radius 1 is 1.35 bits per heavy atom. The number of carbonyl (C=O) groups excluding carboxylic acids is 1. The number of nitrogens with zero attached hydrogens (tertiary/aromatic N) is 1. The Labute approximate surface area is 135 Å². The van der Waals surface area contributed by atoms with E-state index in [-0.39, 0.29) is 23.6 Å². The number of carboxylic acids is 1. The predicted octanol–water partition coefficient (Wildman–Crippen LogP) is 0.942. The second kappa shape index (κ2) is 8.11. The maximum Gasteiger partial charge on any atom is 0.339 e. The number of rotatable bonds is 9. The van der Waals surface area contributed by atoms with Gasteiger partial charge in [0.15, 0.2) is 5.76 Å². The molecular weight excluding hydrogens is 324 g/mol. The number of amides is 1. The summed E-state index contributed by atoms with van der Waals surface area (Å²) < 4.78 is 29.4. The van der Waals surface area contributed by atoms with E-state index in [1.807, 2.05) is 0 Å². The lowest BCUT2D eigenvalue weighted by atomic mass is 10.2. The van der Waals surface area contributed by atoms with Gasteiger partial charge in [-0.05, 0) is 6.42 Å². The number of carbonyl (C=O) groups is 2. The van der Waals surface area contributed by atoms with Crippen LogP contribution in [0.25, 0.3) is 0 Å². The average molecular weight is 346 g/mol. The molecule has 2 N–H and O–H groups in total. The Balaban J connectivity index is 2.56. The van der Waals surface area contributed by atoms with Crippen molar-refractivity contribution in [2.75, 3.05) is 25.9 Å². The molecule has 1 aromatic rings. The van der Waals surface area contributed by atoms with E-state index in [1.165, 1.54) is 10.4 Å². The van der Waals surface area contributed by atoms with E-state index >= 15 is 0 Å². The third-order valence-electron chi connectivity index (χ3n) is 3.28. The highest BCUT2D eigenvalue weighted by molar-refractivity contribution is 7.88. The maximum absolute atomic E-state index is 11.9. The van der Waals surface area contributed by atoms with Crippen LogP contribution in [0.15, 0.2) is 10.5 Å². The number of aryl methyl sites for hydroxylation is 1.